The number of H-pyrrole nitrogens is 1. The van der Waals surface area contributed by atoms with Crippen molar-refractivity contribution in [1.29, 1.82) is 0 Å². The van der Waals surface area contributed by atoms with E-state index in [1.165, 1.54) is 0 Å². The van der Waals surface area contributed by atoms with Gasteiger partial charge in [0.05, 0.1) is 0 Å². The number of nitrogens with zero attached hydrogens (tertiary/aromatic N) is 1. The Labute approximate surface area is 75.7 Å². The summed E-state index contributed by atoms with van der Waals surface area (Å²) in [5, 5.41) is 3.86. The average molecular weight is 177 g/mol. The third-order valence-electron chi connectivity index (χ3n) is 2.06. The van der Waals surface area contributed by atoms with Gasteiger partial charge in [0.1, 0.15) is 5.69 Å². The van der Waals surface area contributed by atoms with Gasteiger partial charge in [-0.1, -0.05) is 5.16 Å². The predicted octanol–water partition coefficient (Wildman–Crippen LogP) is 1.87. The molecule has 13 heavy (non-hydrogen) atoms. The third-order valence-corrected chi connectivity index (χ3v) is 2.06. The molecule has 68 valence electrons. The molecule has 0 aromatic carbocycles. The van der Waals surface area contributed by atoms with Gasteiger partial charge in [-0.05, 0) is 19.4 Å². The van der Waals surface area contributed by atoms with Gasteiger partial charge < -0.3 is 15.2 Å². The van der Waals surface area contributed by atoms with Crippen molar-refractivity contribution in [2.75, 3.05) is 5.73 Å². The van der Waals surface area contributed by atoms with Crippen LogP contribution in [-0.4, -0.2) is 10.1 Å². The number of nitrogens with one attached hydrogen (secondary N) is 1. The van der Waals surface area contributed by atoms with Crippen molar-refractivity contribution in [3.05, 3.63) is 23.5 Å². The molecule has 0 saturated carbocycles. The van der Waals surface area contributed by atoms with Crippen LogP contribution in [0.15, 0.2) is 16.8 Å². The Morgan fingerprint density at radius 2 is 2.23 bits per heavy atom. The van der Waals surface area contributed by atoms with Crippen LogP contribution in [0, 0.1) is 13.8 Å². The van der Waals surface area contributed by atoms with Gasteiger partial charge in [-0.25, -0.2) is 0 Å². The standard InChI is InChI=1S/C9H11N3O/c1-5-4-11-6(2)9(5)7-3-8(10)13-12-7/h3-4,11H,10H2,1-2H3. The number of aromatic amines is 1. The summed E-state index contributed by atoms with van der Waals surface area (Å²) in [5.74, 6) is 0.343. The molecule has 4 nitrogen and oxygen atoms in total. The molecule has 0 unspecified atom stereocenters. The van der Waals surface area contributed by atoms with Crippen molar-refractivity contribution in [3.8, 4) is 11.3 Å². The Balaban J connectivity index is 2.57. The maximum absolute atomic E-state index is 5.45. The van der Waals surface area contributed by atoms with E-state index in [9.17, 15) is 0 Å². The summed E-state index contributed by atoms with van der Waals surface area (Å²) in [4.78, 5) is 3.12. The Hall–Kier alpha value is -1.71. The smallest absolute Gasteiger partial charge is 0.222 e. The largest absolute Gasteiger partial charge is 0.368 e. The first-order chi connectivity index (χ1) is 6.18. The van der Waals surface area contributed by atoms with Crippen LogP contribution in [0.1, 0.15) is 11.3 Å². The summed E-state index contributed by atoms with van der Waals surface area (Å²) in [7, 11) is 0. The number of anilines is 1. The second-order valence-electron chi connectivity index (χ2n) is 3.09. The molecule has 0 saturated heterocycles. The number of nitrogen functional groups attached to an aromatic ring is 1. The Morgan fingerprint density at radius 3 is 2.69 bits per heavy atom. The van der Waals surface area contributed by atoms with Crippen molar-refractivity contribution < 1.29 is 4.52 Å². The topological polar surface area (TPSA) is 67.8 Å². The van der Waals surface area contributed by atoms with E-state index in [1.54, 1.807) is 6.07 Å². The first kappa shape index (κ1) is 7.91. The average Bonchev–Trinajstić information content (AvgIpc) is 2.60. The number of hydrogen-bond acceptors (Lipinski definition) is 3. The SMILES string of the molecule is Cc1c[nH]c(C)c1-c1cc(N)on1. The number of rotatable bonds is 1. The van der Waals surface area contributed by atoms with E-state index in [-0.39, 0.29) is 0 Å². The molecule has 2 rings (SSSR count). The van der Waals surface area contributed by atoms with E-state index in [0.29, 0.717) is 5.88 Å². The molecule has 0 spiro atoms. The molecule has 0 aliphatic heterocycles. The molecule has 4 heteroatoms. The minimum atomic E-state index is 0.343. The summed E-state index contributed by atoms with van der Waals surface area (Å²) in [5.41, 5.74) is 9.52. The predicted molar refractivity (Wildman–Crippen MR) is 50.2 cm³/mol. The first-order valence-corrected chi connectivity index (χ1v) is 4.05. The first-order valence-electron chi connectivity index (χ1n) is 4.05. The molecule has 2 aromatic rings. The zero-order chi connectivity index (χ0) is 9.42. The maximum Gasteiger partial charge on any atom is 0.222 e. The lowest BCUT2D eigenvalue weighted by Gasteiger charge is -1.94. The molecule has 3 N–H and O–H groups in total. The van der Waals surface area contributed by atoms with Crippen LogP contribution >= 0.6 is 0 Å². The molecular formula is C9H11N3O. The van der Waals surface area contributed by atoms with E-state index in [4.69, 9.17) is 10.3 Å². The highest BCUT2D eigenvalue weighted by Gasteiger charge is 2.11. The van der Waals surface area contributed by atoms with Gasteiger partial charge in [-0.15, -0.1) is 0 Å². The summed E-state index contributed by atoms with van der Waals surface area (Å²) in [6, 6.07) is 1.73. The van der Waals surface area contributed by atoms with Gasteiger partial charge in [0, 0.05) is 23.5 Å². The van der Waals surface area contributed by atoms with Crippen LogP contribution in [0.2, 0.25) is 0 Å². The van der Waals surface area contributed by atoms with Crippen molar-refractivity contribution in [1.82, 2.24) is 10.1 Å². The van der Waals surface area contributed by atoms with Crippen LogP contribution < -0.4 is 5.73 Å². The fourth-order valence-corrected chi connectivity index (χ4v) is 1.46. The second-order valence-corrected chi connectivity index (χ2v) is 3.09. The Morgan fingerprint density at radius 1 is 1.46 bits per heavy atom. The van der Waals surface area contributed by atoms with E-state index < -0.39 is 0 Å². The van der Waals surface area contributed by atoms with Crippen LogP contribution in [0.3, 0.4) is 0 Å². The van der Waals surface area contributed by atoms with E-state index in [1.807, 2.05) is 20.0 Å². The summed E-state index contributed by atoms with van der Waals surface area (Å²) >= 11 is 0. The molecule has 0 aliphatic carbocycles. The van der Waals surface area contributed by atoms with Crippen molar-refractivity contribution in [3.63, 3.8) is 0 Å². The van der Waals surface area contributed by atoms with Crippen LogP contribution in [-0.2, 0) is 0 Å². The van der Waals surface area contributed by atoms with Gasteiger partial charge in [-0.3, -0.25) is 0 Å². The highest BCUT2D eigenvalue weighted by atomic mass is 16.5. The van der Waals surface area contributed by atoms with Gasteiger partial charge in [0.25, 0.3) is 0 Å². The normalized spacial score (nSPS) is 10.6. The number of nitrogens with two attached hydrogens (primary N) is 1. The molecular weight excluding hydrogens is 166 g/mol. The van der Waals surface area contributed by atoms with Gasteiger partial charge in [0.15, 0.2) is 0 Å². The molecule has 0 aliphatic rings. The van der Waals surface area contributed by atoms with Crippen LogP contribution in [0.5, 0.6) is 0 Å². The fraction of sp³-hybridized carbons (Fsp3) is 0.222. The zero-order valence-electron chi connectivity index (χ0n) is 7.59. The zero-order valence-corrected chi connectivity index (χ0v) is 7.59. The van der Waals surface area contributed by atoms with Crippen molar-refractivity contribution >= 4 is 5.88 Å². The van der Waals surface area contributed by atoms with E-state index in [0.717, 1.165) is 22.5 Å². The van der Waals surface area contributed by atoms with E-state index in [2.05, 4.69) is 10.1 Å². The second kappa shape index (κ2) is 2.65. The number of aromatic nitrogens is 2. The highest BCUT2D eigenvalue weighted by molar-refractivity contribution is 5.67. The lowest BCUT2D eigenvalue weighted by atomic mass is 10.1. The minimum absolute atomic E-state index is 0.343. The molecule has 0 fully saturated rings. The number of hydrogen-bond donors (Lipinski definition) is 2. The van der Waals surface area contributed by atoms with E-state index >= 15 is 0 Å². The molecule has 0 bridgehead atoms. The minimum Gasteiger partial charge on any atom is -0.368 e. The molecule has 2 aromatic heterocycles. The van der Waals surface area contributed by atoms with Crippen molar-refractivity contribution in [2.45, 2.75) is 13.8 Å². The third kappa shape index (κ3) is 1.20. The fourth-order valence-electron chi connectivity index (χ4n) is 1.46. The van der Waals surface area contributed by atoms with Gasteiger partial charge >= 0.3 is 0 Å². The molecule has 0 atom stereocenters. The lowest BCUT2D eigenvalue weighted by Crippen LogP contribution is -1.80. The highest BCUT2D eigenvalue weighted by Crippen LogP contribution is 2.26. The summed E-state index contributed by atoms with van der Waals surface area (Å²) in [6.07, 6.45) is 1.94. The monoisotopic (exact) mass is 177 g/mol. The van der Waals surface area contributed by atoms with Gasteiger partial charge in [-0.2, -0.15) is 0 Å². The molecule has 2 heterocycles. The van der Waals surface area contributed by atoms with Gasteiger partial charge in [0.2, 0.25) is 5.88 Å². The maximum atomic E-state index is 5.45. The summed E-state index contributed by atoms with van der Waals surface area (Å²) in [6.45, 7) is 4.01. The Bertz CT molecular complexity index is 408. The molecule has 0 radical (unpaired) electrons. The summed E-state index contributed by atoms with van der Waals surface area (Å²) < 4.78 is 4.81. The van der Waals surface area contributed by atoms with Crippen molar-refractivity contribution in [2.24, 2.45) is 0 Å². The lowest BCUT2D eigenvalue weighted by molar-refractivity contribution is 0.439. The number of aryl methyl sites for hydroxylation is 2. The van der Waals surface area contributed by atoms with Crippen LogP contribution in [0.4, 0.5) is 5.88 Å². The Kier molecular flexibility index (Phi) is 1.62. The van der Waals surface area contributed by atoms with Crippen LogP contribution in [0.25, 0.3) is 11.3 Å². The quantitative estimate of drug-likeness (QED) is 0.698. The molecule has 0 amide bonds.